The third-order valence-electron chi connectivity index (χ3n) is 8.26. The number of pyridine rings is 1. The van der Waals surface area contributed by atoms with Crippen LogP contribution in [0.15, 0.2) is 18.3 Å². The average molecular weight is 383 g/mol. The number of rotatable bonds is 4. The highest BCUT2D eigenvalue weighted by Gasteiger charge is 2.39. The summed E-state index contributed by atoms with van der Waals surface area (Å²) in [6.45, 7) is 8.70. The fourth-order valence-electron chi connectivity index (χ4n) is 5.90. The molecule has 154 valence electrons. The van der Waals surface area contributed by atoms with Crippen molar-refractivity contribution < 1.29 is 0 Å². The van der Waals surface area contributed by atoms with Gasteiger partial charge < -0.3 is 9.80 Å². The van der Waals surface area contributed by atoms with Gasteiger partial charge >= 0.3 is 0 Å². The Labute approximate surface area is 171 Å². The van der Waals surface area contributed by atoms with Crippen LogP contribution in [0.4, 0.5) is 5.82 Å². The van der Waals surface area contributed by atoms with Gasteiger partial charge in [0.05, 0.1) is 0 Å². The zero-order valence-electron chi connectivity index (χ0n) is 17.6. The first-order valence-electron chi connectivity index (χ1n) is 12.0. The predicted molar refractivity (Wildman–Crippen MR) is 116 cm³/mol. The van der Waals surface area contributed by atoms with E-state index in [9.17, 15) is 0 Å². The molecule has 28 heavy (non-hydrogen) atoms. The second kappa shape index (κ2) is 8.31. The minimum absolute atomic E-state index is 0.630. The minimum Gasteiger partial charge on any atom is -0.357 e. The molecule has 0 N–H and O–H groups in total. The maximum atomic E-state index is 4.85. The summed E-state index contributed by atoms with van der Waals surface area (Å²) >= 11 is 0. The topological polar surface area (TPSA) is 22.6 Å². The van der Waals surface area contributed by atoms with Gasteiger partial charge in [0.2, 0.25) is 0 Å². The van der Waals surface area contributed by atoms with Crippen molar-refractivity contribution in [2.45, 2.75) is 76.8 Å². The van der Waals surface area contributed by atoms with Gasteiger partial charge in [-0.2, -0.15) is 0 Å². The molecule has 0 radical (unpaired) electrons. The molecule has 0 unspecified atom stereocenters. The predicted octanol–water partition coefficient (Wildman–Crippen LogP) is 4.30. The van der Waals surface area contributed by atoms with E-state index in [4.69, 9.17) is 4.98 Å². The van der Waals surface area contributed by atoms with E-state index in [1.807, 2.05) is 0 Å². The third-order valence-corrected chi connectivity index (χ3v) is 8.26. The molecule has 3 aliphatic heterocycles. The quantitative estimate of drug-likeness (QED) is 0.774. The Morgan fingerprint density at radius 2 is 1.54 bits per heavy atom. The lowest BCUT2D eigenvalue weighted by Gasteiger charge is -2.50. The Balaban J connectivity index is 1.11. The number of likely N-dealkylation sites (tertiary alicyclic amines) is 2. The number of anilines is 1. The highest BCUT2D eigenvalue weighted by atomic mass is 15.2. The highest BCUT2D eigenvalue weighted by molar-refractivity contribution is 5.40. The van der Waals surface area contributed by atoms with Crippen LogP contribution < -0.4 is 4.90 Å². The Morgan fingerprint density at radius 3 is 2.14 bits per heavy atom. The molecule has 4 aliphatic rings. The zero-order chi connectivity index (χ0) is 18.8. The lowest BCUT2D eigenvalue weighted by molar-refractivity contribution is 0.0305. The number of hydrogen-bond donors (Lipinski definition) is 0. The van der Waals surface area contributed by atoms with Crippen LogP contribution in [0.3, 0.4) is 0 Å². The molecule has 5 rings (SSSR count). The van der Waals surface area contributed by atoms with Crippen molar-refractivity contribution in [1.82, 2.24) is 14.8 Å². The largest absolute Gasteiger partial charge is 0.357 e. The van der Waals surface area contributed by atoms with Gasteiger partial charge in [0, 0.05) is 31.9 Å². The number of piperidine rings is 3. The van der Waals surface area contributed by atoms with E-state index in [0.29, 0.717) is 5.41 Å². The van der Waals surface area contributed by atoms with Gasteiger partial charge in [-0.15, -0.1) is 0 Å². The number of aromatic nitrogens is 1. The summed E-state index contributed by atoms with van der Waals surface area (Å²) in [4.78, 5) is 12.8. The summed E-state index contributed by atoms with van der Waals surface area (Å²) in [5.74, 6) is 1.20. The van der Waals surface area contributed by atoms with Crippen LogP contribution in [0, 0.1) is 5.41 Å². The van der Waals surface area contributed by atoms with E-state index < -0.39 is 0 Å². The van der Waals surface area contributed by atoms with Gasteiger partial charge in [-0.3, -0.25) is 4.90 Å². The van der Waals surface area contributed by atoms with Crippen LogP contribution in [-0.4, -0.2) is 60.1 Å². The van der Waals surface area contributed by atoms with Crippen molar-refractivity contribution in [3.63, 3.8) is 0 Å². The van der Waals surface area contributed by atoms with Gasteiger partial charge in [-0.25, -0.2) is 4.98 Å². The molecule has 1 aliphatic carbocycles. The van der Waals surface area contributed by atoms with Gasteiger partial charge in [-0.1, -0.05) is 18.9 Å². The lowest BCUT2D eigenvalue weighted by atomic mass is 9.70. The molecule has 3 saturated heterocycles. The van der Waals surface area contributed by atoms with Gasteiger partial charge in [0.25, 0.3) is 0 Å². The molecule has 1 spiro atoms. The molecule has 1 aromatic rings. The van der Waals surface area contributed by atoms with E-state index in [-0.39, 0.29) is 0 Å². The molecule has 4 fully saturated rings. The molecule has 4 heterocycles. The molecule has 0 bridgehead atoms. The summed E-state index contributed by atoms with van der Waals surface area (Å²) < 4.78 is 0. The van der Waals surface area contributed by atoms with Crippen molar-refractivity contribution in [2.75, 3.05) is 44.2 Å². The summed E-state index contributed by atoms with van der Waals surface area (Å²) in [7, 11) is 0. The lowest BCUT2D eigenvalue weighted by Crippen LogP contribution is -2.51. The van der Waals surface area contributed by atoms with Crippen LogP contribution in [0.25, 0.3) is 0 Å². The maximum Gasteiger partial charge on any atom is 0.128 e. The zero-order valence-corrected chi connectivity index (χ0v) is 17.6. The Kier molecular flexibility index (Phi) is 5.60. The second-order valence-electron chi connectivity index (χ2n) is 9.97. The van der Waals surface area contributed by atoms with E-state index in [1.54, 1.807) is 0 Å². The SMILES string of the molecule is c1cc(N2CCC3(CC2)CCN(C2CCC2)CC3)ncc1CN1CCCCC1. The first kappa shape index (κ1) is 18.9. The highest BCUT2D eigenvalue weighted by Crippen LogP contribution is 2.43. The first-order chi connectivity index (χ1) is 13.8. The molecule has 4 heteroatoms. The van der Waals surface area contributed by atoms with Crippen LogP contribution in [0.5, 0.6) is 0 Å². The van der Waals surface area contributed by atoms with Crippen LogP contribution in [-0.2, 0) is 6.54 Å². The first-order valence-corrected chi connectivity index (χ1v) is 12.0. The van der Waals surface area contributed by atoms with Crippen molar-refractivity contribution in [2.24, 2.45) is 5.41 Å². The molecule has 0 atom stereocenters. The monoisotopic (exact) mass is 382 g/mol. The molecule has 4 nitrogen and oxygen atoms in total. The molecular weight excluding hydrogens is 344 g/mol. The van der Waals surface area contributed by atoms with E-state index in [0.717, 1.165) is 12.6 Å². The minimum atomic E-state index is 0.630. The van der Waals surface area contributed by atoms with E-state index >= 15 is 0 Å². The van der Waals surface area contributed by atoms with Crippen molar-refractivity contribution in [3.8, 4) is 0 Å². The molecule has 1 aromatic heterocycles. The van der Waals surface area contributed by atoms with Crippen molar-refractivity contribution >= 4 is 5.82 Å². The molecule has 0 aromatic carbocycles. The Morgan fingerprint density at radius 1 is 0.821 bits per heavy atom. The number of hydrogen-bond acceptors (Lipinski definition) is 4. The molecule has 0 amide bonds. The maximum absolute atomic E-state index is 4.85. The second-order valence-corrected chi connectivity index (χ2v) is 9.97. The third kappa shape index (κ3) is 4.09. The van der Waals surface area contributed by atoms with Crippen LogP contribution in [0.2, 0.25) is 0 Å². The van der Waals surface area contributed by atoms with Crippen LogP contribution in [0.1, 0.15) is 69.8 Å². The van der Waals surface area contributed by atoms with E-state index in [2.05, 4.69) is 33.0 Å². The molecule has 1 saturated carbocycles. The molecular formula is C24H38N4. The fourth-order valence-corrected chi connectivity index (χ4v) is 5.90. The van der Waals surface area contributed by atoms with Crippen LogP contribution >= 0.6 is 0 Å². The Bertz CT molecular complexity index is 615. The van der Waals surface area contributed by atoms with E-state index in [1.165, 1.54) is 115 Å². The van der Waals surface area contributed by atoms with Crippen molar-refractivity contribution in [3.05, 3.63) is 23.9 Å². The number of nitrogens with zero attached hydrogens (tertiary/aromatic N) is 4. The average Bonchev–Trinajstić information content (AvgIpc) is 2.71. The fraction of sp³-hybridized carbons (Fsp3) is 0.792. The van der Waals surface area contributed by atoms with Gasteiger partial charge in [0.15, 0.2) is 0 Å². The van der Waals surface area contributed by atoms with Crippen molar-refractivity contribution in [1.29, 1.82) is 0 Å². The summed E-state index contributed by atoms with van der Waals surface area (Å²) in [6.07, 6.45) is 16.2. The summed E-state index contributed by atoms with van der Waals surface area (Å²) in [5, 5.41) is 0. The van der Waals surface area contributed by atoms with Gasteiger partial charge in [-0.05, 0) is 94.6 Å². The normalized spacial score (nSPS) is 27.1. The van der Waals surface area contributed by atoms with Gasteiger partial charge in [0.1, 0.15) is 5.82 Å². The summed E-state index contributed by atoms with van der Waals surface area (Å²) in [6, 6.07) is 5.53. The smallest absolute Gasteiger partial charge is 0.128 e. The Hall–Kier alpha value is -1.13. The summed E-state index contributed by atoms with van der Waals surface area (Å²) in [5.41, 5.74) is 2.01. The standard InChI is InChI=1S/C24H38N4/c1-2-13-26(14-3-1)20-21-7-8-23(25-19-21)28-17-11-24(12-18-28)9-15-27(16-10-24)22-5-4-6-22/h7-8,19,22H,1-6,9-18,20H2.